The van der Waals surface area contributed by atoms with Crippen molar-refractivity contribution in [2.24, 2.45) is 5.92 Å². The van der Waals surface area contributed by atoms with Crippen LogP contribution in [0.1, 0.15) is 41.4 Å². The SMILES string of the molecule is CCOC(=O)C1CCN(C(=O)c2csc(Nc3ccc(C)cc3C)n2)CC1. The largest absolute Gasteiger partial charge is 0.466 e. The normalized spacial score (nSPS) is 14.9. The van der Waals surface area contributed by atoms with Gasteiger partial charge in [0.25, 0.3) is 5.91 Å². The molecule has 144 valence electrons. The average Bonchev–Trinajstić information content (AvgIpc) is 3.12. The highest BCUT2D eigenvalue weighted by Crippen LogP contribution is 2.26. The van der Waals surface area contributed by atoms with Crippen molar-refractivity contribution in [3.05, 3.63) is 40.4 Å². The molecule has 0 unspecified atom stereocenters. The Bertz CT molecular complexity index is 826. The first-order chi connectivity index (χ1) is 13.0. The predicted octanol–water partition coefficient (Wildman–Crippen LogP) is 3.92. The molecule has 1 fully saturated rings. The standard InChI is InChI=1S/C20H25N3O3S/c1-4-26-19(25)15-7-9-23(10-8-15)18(24)17-12-27-20(22-17)21-16-6-5-13(2)11-14(16)3/h5-6,11-12,15H,4,7-10H2,1-3H3,(H,21,22). The molecule has 0 radical (unpaired) electrons. The number of rotatable bonds is 5. The van der Waals surface area contributed by atoms with E-state index < -0.39 is 0 Å². The Labute approximate surface area is 163 Å². The van der Waals surface area contributed by atoms with Crippen LogP contribution in [-0.4, -0.2) is 41.5 Å². The Morgan fingerprint density at radius 3 is 2.70 bits per heavy atom. The summed E-state index contributed by atoms with van der Waals surface area (Å²) < 4.78 is 5.08. The molecular formula is C20H25N3O3S. The van der Waals surface area contributed by atoms with Gasteiger partial charge in [-0.3, -0.25) is 9.59 Å². The minimum Gasteiger partial charge on any atom is -0.466 e. The number of hydrogen-bond donors (Lipinski definition) is 1. The van der Waals surface area contributed by atoms with Crippen molar-refractivity contribution in [3.63, 3.8) is 0 Å². The molecule has 2 heterocycles. The Kier molecular flexibility index (Phi) is 6.11. The summed E-state index contributed by atoms with van der Waals surface area (Å²) in [6, 6.07) is 6.17. The van der Waals surface area contributed by atoms with Gasteiger partial charge in [0.1, 0.15) is 5.69 Å². The van der Waals surface area contributed by atoms with Crippen LogP contribution in [0, 0.1) is 19.8 Å². The monoisotopic (exact) mass is 387 g/mol. The molecule has 1 amide bonds. The molecule has 1 aliphatic heterocycles. The van der Waals surface area contributed by atoms with Gasteiger partial charge in [0.2, 0.25) is 0 Å². The molecule has 7 heteroatoms. The van der Waals surface area contributed by atoms with Crippen LogP contribution in [0.15, 0.2) is 23.6 Å². The lowest BCUT2D eigenvalue weighted by Gasteiger charge is -2.30. The number of carbonyl (C=O) groups is 2. The van der Waals surface area contributed by atoms with E-state index >= 15 is 0 Å². The molecule has 1 aromatic heterocycles. The van der Waals surface area contributed by atoms with Gasteiger partial charge in [-0.1, -0.05) is 17.7 Å². The van der Waals surface area contributed by atoms with Crippen molar-refractivity contribution in [2.75, 3.05) is 25.0 Å². The smallest absolute Gasteiger partial charge is 0.309 e. The molecule has 0 bridgehead atoms. The van der Waals surface area contributed by atoms with Gasteiger partial charge in [-0.2, -0.15) is 0 Å². The second-order valence-electron chi connectivity index (χ2n) is 6.80. The number of aryl methyl sites for hydroxylation is 2. The van der Waals surface area contributed by atoms with E-state index in [0.717, 1.165) is 11.3 Å². The number of carbonyl (C=O) groups excluding carboxylic acids is 2. The molecular weight excluding hydrogens is 362 g/mol. The summed E-state index contributed by atoms with van der Waals surface area (Å²) in [5.74, 6) is -0.341. The molecule has 2 aromatic rings. The predicted molar refractivity (Wildman–Crippen MR) is 107 cm³/mol. The van der Waals surface area contributed by atoms with Crippen molar-refractivity contribution >= 4 is 34.0 Å². The van der Waals surface area contributed by atoms with E-state index in [2.05, 4.69) is 23.3 Å². The maximum absolute atomic E-state index is 12.7. The molecule has 0 saturated carbocycles. The van der Waals surface area contributed by atoms with Gasteiger partial charge >= 0.3 is 5.97 Å². The van der Waals surface area contributed by atoms with Gasteiger partial charge < -0.3 is 15.0 Å². The third-order valence-corrected chi connectivity index (χ3v) is 5.51. The van der Waals surface area contributed by atoms with E-state index in [1.165, 1.54) is 16.9 Å². The fourth-order valence-electron chi connectivity index (χ4n) is 3.24. The average molecular weight is 388 g/mol. The maximum atomic E-state index is 12.7. The molecule has 0 spiro atoms. The van der Waals surface area contributed by atoms with Crippen molar-refractivity contribution < 1.29 is 14.3 Å². The minimum absolute atomic E-state index is 0.0813. The maximum Gasteiger partial charge on any atom is 0.309 e. The first kappa shape index (κ1) is 19.4. The number of nitrogens with zero attached hydrogens (tertiary/aromatic N) is 2. The molecule has 0 aliphatic carbocycles. The Hall–Kier alpha value is -2.41. The van der Waals surface area contributed by atoms with Crippen molar-refractivity contribution in [1.29, 1.82) is 0 Å². The van der Waals surface area contributed by atoms with E-state index in [1.807, 2.05) is 26.0 Å². The van der Waals surface area contributed by atoms with Crippen LogP contribution in [0.25, 0.3) is 0 Å². The van der Waals surface area contributed by atoms with Gasteiger partial charge in [-0.25, -0.2) is 4.98 Å². The summed E-state index contributed by atoms with van der Waals surface area (Å²) in [6.45, 7) is 7.42. The zero-order valence-electron chi connectivity index (χ0n) is 15.9. The van der Waals surface area contributed by atoms with Crippen molar-refractivity contribution in [1.82, 2.24) is 9.88 Å². The number of benzene rings is 1. The summed E-state index contributed by atoms with van der Waals surface area (Å²) in [5, 5.41) is 5.77. The molecule has 1 N–H and O–H groups in total. The van der Waals surface area contributed by atoms with Crippen molar-refractivity contribution in [2.45, 2.75) is 33.6 Å². The van der Waals surface area contributed by atoms with E-state index in [4.69, 9.17) is 4.74 Å². The fraction of sp³-hybridized carbons (Fsp3) is 0.450. The van der Waals surface area contributed by atoms with Crippen LogP contribution in [0.4, 0.5) is 10.8 Å². The van der Waals surface area contributed by atoms with Crippen LogP contribution < -0.4 is 5.32 Å². The number of thiazole rings is 1. The number of hydrogen-bond acceptors (Lipinski definition) is 6. The Balaban J connectivity index is 1.60. The van der Waals surface area contributed by atoms with Gasteiger partial charge in [0.15, 0.2) is 5.13 Å². The molecule has 1 aromatic carbocycles. The summed E-state index contributed by atoms with van der Waals surface area (Å²) in [6.07, 6.45) is 1.28. The molecule has 27 heavy (non-hydrogen) atoms. The van der Waals surface area contributed by atoms with Gasteiger partial charge in [0.05, 0.1) is 12.5 Å². The van der Waals surface area contributed by atoms with E-state index in [0.29, 0.717) is 43.4 Å². The summed E-state index contributed by atoms with van der Waals surface area (Å²) in [5.41, 5.74) is 3.78. The molecule has 1 aliphatic rings. The van der Waals surface area contributed by atoms with E-state index in [9.17, 15) is 9.59 Å². The number of amides is 1. The molecule has 3 rings (SSSR count). The number of anilines is 2. The van der Waals surface area contributed by atoms with Gasteiger partial charge in [-0.05, 0) is 45.2 Å². The highest BCUT2D eigenvalue weighted by Gasteiger charge is 2.29. The van der Waals surface area contributed by atoms with E-state index in [-0.39, 0.29) is 17.8 Å². The van der Waals surface area contributed by atoms with Crippen LogP contribution >= 0.6 is 11.3 Å². The number of ether oxygens (including phenoxy) is 1. The number of likely N-dealkylation sites (tertiary alicyclic amines) is 1. The Morgan fingerprint density at radius 2 is 2.04 bits per heavy atom. The summed E-state index contributed by atoms with van der Waals surface area (Å²) in [7, 11) is 0. The minimum atomic E-state index is -0.154. The van der Waals surface area contributed by atoms with Crippen LogP contribution in [-0.2, 0) is 9.53 Å². The molecule has 1 saturated heterocycles. The molecule has 0 atom stereocenters. The van der Waals surface area contributed by atoms with E-state index in [1.54, 1.807) is 10.3 Å². The summed E-state index contributed by atoms with van der Waals surface area (Å²) >= 11 is 1.42. The summed E-state index contributed by atoms with van der Waals surface area (Å²) in [4.78, 5) is 30.8. The topological polar surface area (TPSA) is 71.5 Å². The fourth-order valence-corrected chi connectivity index (χ4v) is 3.94. The zero-order chi connectivity index (χ0) is 19.4. The highest BCUT2D eigenvalue weighted by molar-refractivity contribution is 7.14. The van der Waals surface area contributed by atoms with Gasteiger partial charge in [-0.15, -0.1) is 11.3 Å². The zero-order valence-corrected chi connectivity index (χ0v) is 16.8. The Morgan fingerprint density at radius 1 is 1.30 bits per heavy atom. The number of esters is 1. The van der Waals surface area contributed by atoms with Crippen molar-refractivity contribution in [3.8, 4) is 0 Å². The first-order valence-corrected chi connectivity index (χ1v) is 10.1. The lowest BCUT2D eigenvalue weighted by atomic mass is 9.97. The third-order valence-electron chi connectivity index (χ3n) is 4.75. The number of nitrogens with one attached hydrogen (secondary N) is 1. The second kappa shape index (κ2) is 8.52. The van der Waals surface area contributed by atoms with Crippen LogP contribution in [0.5, 0.6) is 0 Å². The van der Waals surface area contributed by atoms with Crippen LogP contribution in [0.2, 0.25) is 0 Å². The number of piperidine rings is 1. The highest BCUT2D eigenvalue weighted by atomic mass is 32.1. The number of aromatic nitrogens is 1. The van der Waals surface area contributed by atoms with Crippen LogP contribution in [0.3, 0.4) is 0 Å². The molecule has 6 nitrogen and oxygen atoms in total. The lowest BCUT2D eigenvalue weighted by Crippen LogP contribution is -2.40. The lowest BCUT2D eigenvalue weighted by molar-refractivity contribution is -0.149. The second-order valence-corrected chi connectivity index (χ2v) is 7.66. The third kappa shape index (κ3) is 4.66. The quantitative estimate of drug-likeness (QED) is 0.788. The van der Waals surface area contributed by atoms with Gasteiger partial charge in [0, 0.05) is 24.2 Å². The first-order valence-electron chi connectivity index (χ1n) is 9.23.